The molecule has 0 aromatic heterocycles. The van der Waals surface area contributed by atoms with Gasteiger partial charge >= 0.3 is 0 Å². The van der Waals surface area contributed by atoms with Crippen molar-refractivity contribution < 1.29 is 19.2 Å². The number of amides is 4. The van der Waals surface area contributed by atoms with Crippen LogP contribution in [0, 0.1) is 0 Å². The lowest BCUT2D eigenvalue weighted by molar-refractivity contribution is -0.136. The van der Waals surface area contributed by atoms with Crippen LogP contribution in [-0.2, 0) is 9.59 Å². The molecule has 8 heteroatoms. The molecule has 2 saturated heterocycles. The highest BCUT2D eigenvalue weighted by molar-refractivity contribution is 6.23. The average molecular weight is 370 g/mol. The molecule has 27 heavy (non-hydrogen) atoms. The quantitative estimate of drug-likeness (QED) is 0.674. The zero-order chi connectivity index (χ0) is 19.0. The van der Waals surface area contributed by atoms with Crippen LogP contribution in [0.2, 0.25) is 0 Å². The number of rotatable bonds is 3. The zero-order valence-corrected chi connectivity index (χ0v) is 14.9. The van der Waals surface area contributed by atoms with Crippen molar-refractivity contribution in [3.8, 4) is 0 Å². The van der Waals surface area contributed by atoms with Crippen LogP contribution in [0.3, 0.4) is 0 Å². The molecule has 3 heterocycles. The third-order valence-corrected chi connectivity index (χ3v) is 5.36. The Morgan fingerprint density at radius 3 is 2.63 bits per heavy atom. The molecule has 0 spiro atoms. The van der Waals surface area contributed by atoms with E-state index in [1.807, 2.05) is 0 Å². The maximum atomic E-state index is 12.8. The highest BCUT2D eigenvalue weighted by Crippen LogP contribution is 2.30. The van der Waals surface area contributed by atoms with Gasteiger partial charge in [0.05, 0.1) is 11.1 Å². The molecule has 4 rings (SSSR count). The Morgan fingerprint density at radius 2 is 1.81 bits per heavy atom. The summed E-state index contributed by atoms with van der Waals surface area (Å²) >= 11 is 0. The highest BCUT2D eigenvalue weighted by Gasteiger charge is 2.44. The van der Waals surface area contributed by atoms with Gasteiger partial charge in [-0.1, -0.05) is 6.42 Å². The standard InChI is InChI=1S/C19H22N4O4/c24-16-7-6-15(17(25)22-16)23-18(26)13-5-4-11(9-14(13)19(23)27)21-12-3-1-2-8-20-10-12/h4-5,9,12,15,20-21H,1-3,6-8,10H2,(H,22,24,25)/t12-,15?/m0/s1. The molecule has 8 nitrogen and oxygen atoms in total. The van der Waals surface area contributed by atoms with Gasteiger partial charge < -0.3 is 10.6 Å². The molecule has 4 amide bonds. The molecule has 2 fully saturated rings. The Labute approximate surface area is 156 Å². The number of hydrogen-bond acceptors (Lipinski definition) is 6. The molecular formula is C19H22N4O4. The maximum absolute atomic E-state index is 12.8. The van der Waals surface area contributed by atoms with E-state index in [1.54, 1.807) is 18.2 Å². The number of piperidine rings is 1. The Bertz CT molecular complexity index is 814. The van der Waals surface area contributed by atoms with E-state index < -0.39 is 23.8 Å². The number of nitrogens with zero attached hydrogens (tertiary/aromatic N) is 1. The number of imide groups is 2. The van der Waals surface area contributed by atoms with Crippen LogP contribution < -0.4 is 16.0 Å². The second kappa shape index (κ2) is 7.11. The van der Waals surface area contributed by atoms with Crippen molar-refractivity contribution in [2.45, 2.75) is 44.2 Å². The summed E-state index contributed by atoms with van der Waals surface area (Å²) in [5.74, 6) is -1.93. The molecule has 0 saturated carbocycles. The van der Waals surface area contributed by atoms with Gasteiger partial charge in [0.25, 0.3) is 11.8 Å². The monoisotopic (exact) mass is 370 g/mol. The summed E-state index contributed by atoms with van der Waals surface area (Å²) in [6.07, 6.45) is 3.60. The van der Waals surface area contributed by atoms with Crippen molar-refractivity contribution >= 4 is 29.3 Å². The first-order valence-corrected chi connectivity index (χ1v) is 9.37. The van der Waals surface area contributed by atoms with Crippen molar-refractivity contribution in [1.82, 2.24) is 15.5 Å². The van der Waals surface area contributed by atoms with Crippen molar-refractivity contribution in [3.05, 3.63) is 29.3 Å². The first-order valence-electron chi connectivity index (χ1n) is 9.37. The predicted octanol–water partition coefficient (Wildman–Crippen LogP) is 0.642. The van der Waals surface area contributed by atoms with E-state index in [9.17, 15) is 19.2 Å². The van der Waals surface area contributed by atoms with Crippen LogP contribution in [0.1, 0.15) is 52.8 Å². The summed E-state index contributed by atoms with van der Waals surface area (Å²) in [7, 11) is 0. The molecule has 0 bridgehead atoms. The number of carbonyl (C=O) groups is 4. The topological polar surface area (TPSA) is 108 Å². The number of benzene rings is 1. The molecule has 3 aliphatic heterocycles. The minimum Gasteiger partial charge on any atom is -0.381 e. The summed E-state index contributed by atoms with van der Waals surface area (Å²) < 4.78 is 0. The van der Waals surface area contributed by atoms with Gasteiger partial charge in [0, 0.05) is 24.7 Å². The number of anilines is 1. The number of carbonyl (C=O) groups excluding carboxylic acids is 4. The molecule has 0 aliphatic carbocycles. The van der Waals surface area contributed by atoms with E-state index in [2.05, 4.69) is 16.0 Å². The Balaban J connectivity index is 1.54. The van der Waals surface area contributed by atoms with Gasteiger partial charge in [0.15, 0.2) is 0 Å². The van der Waals surface area contributed by atoms with E-state index in [0.29, 0.717) is 11.1 Å². The molecule has 3 aliphatic rings. The van der Waals surface area contributed by atoms with Crippen LogP contribution >= 0.6 is 0 Å². The summed E-state index contributed by atoms with van der Waals surface area (Å²) in [5.41, 5.74) is 1.39. The predicted molar refractivity (Wildman–Crippen MR) is 97.2 cm³/mol. The van der Waals surface area contributed by atoms with Crippen LogP contribution in [0.5, 0.6) is 0 Å². The first-order chi connectivity index (χ1) is 13.0. The van der Waals surface area contributed by atoms with Gasteiger partial charge in [-0.15, -0.1) is 0 Å². The largest absolute Gasteiger partial charge is 0.381 e. The Hall–Kier alpha value is -2.74. The normalized spacial score (nSPS) is 25.9. The zero-order valence-electron chi connectivity index (χ0n) is 14.9. The number of hydrogen-bond donors (Lipinski definition) is 3. The summed E-state index contributed by atoms with van der Waals surface area (Å²) in [5, 5.41) is 9.01. The van der Waals surface area contributed by atoms with Crippen molar-refractivity contribution in [2.24, 2.45) is 0 Å². The van der Waals surface area contributed by atoms with Crippen LogP contribution in [-0.4, -0.2) is 53.7 Å². The fraction of sp³-hybridized carbons (Fsp3) is 0.474. The van der Waals surface area contributed by atoms with Crippen molar-refractivity contribution in [3.63, 3.8) is 0 Å². The van der Waals surface area contributed by atoms with Crippen molar-refractivity contribution in [2.75, 3.05) is 18.4 Å². The third kappa shape index (κ3) is 3.32. The van der Waals surface area contributed by atoms with E-state index in [-0.39, 0.29) is 24.8 Å². The molecule has 2 atom stereocenters. The molecule has 1 unspecified atom stereocenters. The average Bonchev–Trinajstić information content (AvgIpc) is 2.82. The van der Waals surface area contributed by atoms with E-state index in [1.165, 1.54) is 0 Å². The van der Waals surface area contributed by atoms with Gasteiger partial charge in [-0.25, -0.2) is 0 Å². The smallest absolute Gasteiger partial charge is 0.262 e. The van der Waals surface area contributed by atoms with E-state index in [4.69, 9.17) is 0 Å². The second-order valence-corrected chi connectivity index (χ2v) is 7.25. The van der Waals surface area contributed by atoms with Gasteiger partial charge in [0.2, 0.25) is 11.8 Å². The lowest BCUT2D eigenvalue weighted by Gasteiger charge is -2.27. The minimum absolute atomic E-state index is 0.116. The number of nitrogens with one attached hydrogen (secondary N) is 3. The summed E-state index contributed by atoms with van der Waals surface area (Å²) in [4.78, 5) is 50.0. The molecule has 1 aromatic carbocycles. The van der Waals surface area contributed by atoms with Crippen molar-refractivity contribution in [1.29, 1.82) is 0 Å². The fourth-order valence-corrected chi connectivity index (χ4v) is 3.94. The molecule has 1 aromatic rings. The van der Waals surface area contributed by atoms with Crippen LogP contribution in [0.15, 0.2) is 18.2 Å². The van der Waals surface area contributed by atoms with Crippen LogP contribution in [0.4, 0.5) is 5.69 Å². The lowest BCUT2D eigenvalue weighted by atomic mass is 10.0. The van der Waals surface area contributed by atoms with Gasteiger partial charge in [-0.3, -0.25) is 29.4 Å². The second-order valence-electron chi connectivity index (χ2n) is 7.25. The van der Waals surface area contributed by atoms with Gasteiger partial charge in [-0.05, 0) is 44.0 Å². The van der Waals surface area contributed by atoms with E-state index in [0.717, 1.165) is 42.9 Å². The fourth-order valence-electron chi connectivity index (χ4n) is 3.94. The summed E-state index contributed by atoms with van der Waals surface area (Å²) in [6.45, 7) is 1.86. The lowest BCUT2D eigenvalue weighted by Crippen LogP contribution is -2.54. The SMILES string of the molecule is O=C1CCC(N2C(=O)c3ccc(N[C@H]4CCCCNC4)cc3C2=O)C(=O)N1. The minimum atomic E-state index is -0.933. The Kier molecular flexibility index (Phi) is 4.65. The first kappa shape index (κ1) is 17.7. The third-order valence-electron chi connectivity index (χ3n) is 5.36. The highest BCUT2D eigenvalue weighted by atomic mass is 16.2. The van der Waals surface area contributed by atoms with Crippen LogP contribution in [0.25, 0.3) is 0 Å². The molecule has 3 N–H and O–H groups in total. The molecular weight excluding hydrogens is 348 g/mol. The number of fused-ring (bicyclic) bond motifs is 1. The Morgan fingerprint density at radius 1 is 1.00 bits per heavy atom. The van der Waals surface area contributed by atoms with E-state index >= 15 is 0 Å². The summed E-state index contributed by atoms with van der Waals surface area (Å²) in [6, 6.07) is 4.45. The molecule has 0 radical (unpaired) electrons. The van der Waals surface area contributed by atoms with Gasteiger partial charge in [0.1, 0.15) is 6.04 Å². The van der Waals surface area contributed by atoms with Gasteiger partial charge in [-0.2, -0.15) is 0 Å². The maximum Gasteiger partial charge on any atom is 0.262 e. The molecule has 142 valence electrons.